The zero-order valence-electron chi connectivity index (χ0n) is 11.1. The maximum Gasteiger partial charge on any atom is 0.147 e. The van der Waals surface area contributed by atoms with E-state index in [-0.39, 0.29) is 33.1 Å². The summed E-state index contributed by atoms with van der Waals surface area (Å²) >= 11 is 3.84. The van der Waals surface area contributed by atoms with Gasteiger partial charge in [-0.05, 0) is 47.3 Å². The van der Waals surface area contributed by atoms with Crippen LogP contribution in [-0.2, 0) is 9.47 Å². The summed E-state index contributed by atoms with van der Waals surface area (Å²) in [5, 5.41) is 0. The van der Waals surface area contributed by atoms with Gasteiger partial charge in [0.15, 0.2) is 0 Å². The van der Waals surface area contributed by atoms with Crippen molar-refractivity contribution in [1.29, 1.82) is 0 Å². The van der Waals surface area contributed by atoms with E-state index in [1.54, 1.807) is 0 Å². The van der Waals surface area contributed by atoms with E-state index < -0.39 is 0 Å². The van der Waals surface area contributed by atoms with Crippen LogP contribution in [0.2, 0.25) is 0 Å². The first-order valence-electron chi connectivity index (χ1n) is 6.68. The first kappa shape index (κ1) is 11.7. The Labute approximate surface area is 117 Å². The first-order chi connectivity index (χ1) is 8.26. The minimum Gasteiger partial charge on any atom is -0.363 e. The Hall–Kier alpha value is -0.120. The molecular weight excluding hydrogens is 292 g/mol. The quantitative estimate of drug-likeness (QED) is 0.503. The van der Waals surface area contributed by atoms with E-state index >= 15 is 0 Å². The Kier molecular flexibility index (Phi) is 1.83. The van der Waals surface area contributed by atoms with Gasteiger partial charge in [-0.2, -0.15) is 0 Å². The average molecular weight is 311 g/mol. The molecule has 3 bridgehead atoms. The zero-order chi connectivity index (χ0) is 13.0. The molecule has 0 N–H and O–H groups in total. The molecule has 18 heavy (non-hydrogen) atoms. The lowest BCUT2D eigenvalue weighted by molar-refractivity contribution is -0.0729. The Bertz CT molecular complexity index is 497. The lowest BCUT2D eigenvalue weighted by atomic mass is 9.49. The largest absolute Gasteiger partial charge is 0.363 e. The van der Waals surface area contributed by atoms with Gasteiger partial charge in [-0.3, -0.25) is 0 Å². The summed E-state index contributed by atoms with van der Waals surface area (Å²) in [7, 11) is 0. The number of halogens is 1. The van der Waals surface area contributed by atoms with Crippen LogP contribution in [0.25, 0.3) is 0 Å². The molecule has 2 saturated heterocycles. The van der Waals surface area contributed by atoms with E-state index in [1.165, 1.54) is 5.57 Å². The Morgan fingerprint density at radius 2 is 2.00 bits per heavy atom. The van der Waals surface area contributed by atoms with Crippen molar-refractivity contribution in [3.8, 4) is 0 Å². The zero-order valence-corrected chi connectivity index (χ0v) is 12.7. The van der Waals surface area contributed by atoms with Gasteiger partial charge < -0.3 is 9.47 Å². The van der Waals surface area contributed by atoms with Crippen molar-refractivity contribution in [2.45, 2.75) is 55.9 Å². The summed E-state index contributed by atoms with van der Waals surface area (Å²) in [5.74, 6) is 0. The van der Waals surface area contributed by atoms with E-state index in [1.807, 2.05) is 0 Å². The number of ether oxygens (including phenoxy) is 2. The molecule has 2 nitrogen and oxygen atoms in total. The molecule has 2 heterocycles. The minimum atomic E-state index is -0.354. The van der Waals surface area contributed by atoms with E-state index in [0.717, 1.165) is 12.8 Å². The monoisotopic (exact) mass is 310 g/mol. The Balaban J connectivity index is 2.03. The fourth-order valence-corrected chi connectivity index (χ4v) is 5.65. The molecule has 4 rings (SSSR count). The number of fused-ring (bicyclic) bond motifs is 2. The highest BCUT2D eigenvalue weighted by atomic mass is 79.9. The van der Waals surface area contributed by atoms with Crippen LogP contribution in [0.3, 0.4) is 0 Å². The van der Waals surface area contributed by atoms with Crippen LogP contribution in [0.15, 0.2) is 24.3 Å². The number of hydrogen-bond donors (Lipinski definition) is 0. The Morgan fingerprint density at radius 3 is 2.72 bits per heavy atom. The molecule has 0 aromatic heterocycles. The van der Waals surface area contributed by atoms with Gasteiger partial charge in [0, 0.05) is 10.8 Å². The average Bonchev–Trinajstić information content (AvgIpc) is 2.61. The molecule has 0 aromatic rings. The van der Waals surface area contributed by atoms with Crippen LogP contribution >= 0.6 is 15.9 Å². The van der Waals surface area contributed by atoms with E-state index in [0.29, 0.717) is 0 Å². The number of alkyl halides is 1. The molecular formula is C15H19BrO2. The molecule has 0 radical (unpaired) electrons. The smallest absolute Gasteiger partial charge is 0.147 e. The fraction of sp³-hybridized carbons (Fsp3) is 0.733. The molecule has 0 aromatic carbocycles. The van der Waals surface area contributed by atoms with E-state index in [9.17, 15) is 0 Å². The third kappa shape index (κ3) is 0.889. The van der Waals surface area contributed by atoms with Gasteiger partial charge in [-0.15, -0.1) is 0 Å². The van der Waals surface area contributed by atoms with Gasteiger partial charge in [0.05, 0.1) is 17.8 Å². The van der Waals surface area contributed by atoms with Gasteiger partial charge in [-0.25, -0.2) is 0 Å². The summed E-state index contributed by atoms with van der Waals surface area (Å²) < 4.78 is 12.4. The predicted molar refractivity (Wildman–Crippen MR) is 73.5 cm³/mol. The molecule has 3 fully saturated rings. The lowest BCUT2D eigenvalue weighted by Crippen LogP contribution is -2.58. The van der Waals surface area contributed by atoms with Crippen molar-refractivity contribution < 1.29 is 9.47 Å². The summed E-state index contributed by atoms with van der Waals surface area (Å²) in [5.41, 5.74) is 1.05. The molecule has 3 heteroatoms. The third-order valence-electron chi connectivity index (χ3n) is 6.13. The molecule has 98 valence electrons. The minimum absolute atomic E-state index is 0.0175. The van der Waals surface area contributed by atoms with Crippen molar-refractivity contribution in [3.63, 3.8) is 0 Å². The molecule has 5 unspecified atom stereocenters. The van der Waals surface area contributed by atoms with Crippen LogP contribution in [0.4, 0.5) is 0 Å². The summed E-state index contributed by atoms with van der Waals surface area (Å²) in [6.45, 7) is 11.0. The fourth-order valence-electron chi connectivity index (χ4n) is 4.94. The highest BCUT2D eigenvalue weighted by molar-refractivity contribution is 9.10. The van der Waals surface area contributed by atoms with Crippen LogP contribution in [0.5, 0.6) is 0 Å². The topological polar surface area (TPSA) is 18.5 Å². The van der Waals surface area contributed by atoms with Crippen molar-refractivity contribution in [1.82, 2.24) is 0 Å². The molecule has 0 amide bonds. The first-order valence-corrected chi connectivity index (χ1v) is 7.48. The maximum absolute atomic E-state index is 6.40. The molecule has 1 saturated carbocycles. The second kappa shape index (κ2) is 2.82. The normalized spacial score (nSPS) is 59.2. The number of rotatable bonds is 0. The van der Waals surface area contributed by atoms with Crippen LogP contribution in [0.1, 0.15) is 33.6 Å². The summed E-state index contributed by atoms with van der Waals surface area (Å²) in [4.78, 5) is 0. The molecule has 4 aliphatic rings. The predicted octanol–water partition coefficient (Wildman–Crippen LogP) is 3.57. The van der Waals surface area contributed by atoms with Crippen molar-refractivity contribution in [2.75, 3.05) is 0 Å². The van der Waals surface area contributed by atoms with E-state index in [2.05, 4.69) is 55.4 Å². The van der Waals surface area contributed by atoms with Crippen LogP contribution < -0.4 is 0 Å². The van der Waals surface area contributed by atoms with Crippen molar-refractivity contribution >= 4 is 15.9 Å². The number of hydrogen-bond acceptors (Lipinski definition) is 2. The van der Waals surface area contributed by atoms with Gasteiger partial charge in [-0.1, -0.05) is 26.5 Å². The van der Waals surface area contributed by atoms with Gasteiger partial charge in [0.1, 0.15) is 4.51 Å². The SMILES string of the molecule is C=C1CC2OC3(Br)C=CC4(C)OC1CC24C3(C)C. The Morgan fingerprint density at radius 1 is 1.28 bits per heavy atom. The molecule has 2 aliphatic carbocycles. The van der Waals surface area contributed by atoms with Crippen molar-refractivity contribution in [3.05, 3.63) is 24.3 Å². The third-order valence-corrected chi connectivity index (χ3v) is 7.57. The molecule has 2 aliphatic heterocycles. The van der Waals surface area contributed by atoms with Crippen LogP contribution in [0, 0.1) is 10.8 Å². The van der Waals surface area contributed by atoms with Crippen molar-refractivity contribution in [2.24, 2.45) is 10.8 Å². The second-order valence-corrected chi connectivity index (χ2v) is 8.14. The van der Waals surface area contributed by atoms with Gasteiger partial charge >= 0.3 is 0 Å². The lowest BCUT2D eigenvalue weighted by Gasteiger charge is -2.53. The molecule has 5 atom stereocenters. The standard InChI is InChI=1S/C15H19BrO2/c1-9-7-11-14-8-10(9)17-13(14,4)5-6-15(16,18-11)12(14,2)3/h5-6,10-11H,1,7-8H2,2-4H3. The summed E-state index contributed by atoms with van der Waals surface area (Å²) in [6, 6.07) is 0. The van der Waals surface area contributed by atoms with Crippen LogP contribution in [-0.4, -0.2) is 22.3 Å². The highest BCUT2D eigenvalue weighted by Gasteiger charge is 2.79. The van der Waals surface area contributed by atoms with E-state index in [4.69, 9.17) is 9.47 Å². The highest BCUT2D eigenvalue weighted by Crippen LogP contribution is 2.75. The van der Waals surface area contributed by atoms with Gasteiger partial charge in [0.2, 0.25) is 0 Å². The summed E-state index contributed by atoms with van der Waals surface area (Å²) in [6.07, 6.45) is 6.74. The second-order valence-electron chi connectivity index (χ2n) is 6.96. The van der Waals surface area contributed by atoms with Gasteiger partial charge in [0.25, 0.3) is 0 Å². The molecule has 1 spiro atoms. The maximum atomic E-state index is 6.40.